The molecule has 90 valence electrons. The third-order valence-electron chi connectivity index (χ3n) is 2.22. The molecule has 0 saturated heterocycles. The SMILES string of the molecule is CC(Cc1ccsc1)Nc1nc(Cl)ncc1F. The smallest absolute Gasteiger partial charge is 0.224 e. The van der Waals surface area contributed by atoms with Crippen molar-refractivity contribution in [3.05, 3.63) is 39.7 Å². The average molecular weight is 272 g/mol. The molecule has 2 rings (SSSR count). The Hall–Kier alpha value is -1.20. The van der Waals surface area contributed by atoms with Gasteiger partial charge in [0.25, 0.3) is 0 Å². The van der Waals surface area contributed by atoms with Crippen molar-refractivity contribution >= 4 is 28.8 Å². The molecule has 2 aromatic heterocycles. The summed E-state index contributed by atoms with van der Waals surface area (Å²) < 4.78 is 13.4. The Morgan fingerprint density at radius 2 is 2.41 bits per heavy atom. The van der Waals surface area contributed by atoms with Crippen LogP contribution in [0.15, 0.2) is 23.0 Å². The second kappa shape index (κ2) is 5.42. The average Bonchev–Trinajstić information content (AvgIpc) is 2.76. The molecule has 0 radical (unpaired) electrons. The molecule has 17 heavy (non-hydrogen) atoms. The maximum absolute atomic E-state index is 13.4. The van der Waals surface area contributed by atoms with E-state index in [-0.39, 0.29) is 17.1 Å². The second-order valence-corrected chi connectivity index (χ2v) is 4.83. The maximum atomic E-state index is 13.4. The standard InChI is InChI=1S/C11H11ClFN3S/c1-7(4-8-2-3-17-6-8)15-10-9(13)5-14-11(12)16-10/h2-3,5-7H,4H2,1H3,(H,14,15,16). The topological polar surface area (TPSA) is 37.8 Å². The lowest BCUT2D eigenvalue weighted by atomic mass is 10.1. The molecule has 0 fully saturated rings. The number of anilines is 1. The molecule has 1 unspecified atom stereocenters. The van der Waals surface area contributed by atoms with Gasteiger partial charge in [0.1, 0.15) is 0 Å². The van der Waals surface area contributed by atoms with Crippen LogP contribution in [-0.4, -0.2) is 16.0 Å². The Balaban J connectivity index is 2.02. The normalized spacial score (nSPS) is 12.4. The summed E-state index contributed by atoms with van der Waals surface area (Å²) in [6, 6.07) is 2.12. The molecule has 1 N–H and O–H groups in total. The van der Waals surface area contributed by atoms with Crippen LogP contribution in [0, 0.1) is 5.82 Å². The van der Waals surface area contributed by atoms with Gasteiger partial charge in [-0.05, 0) is 47.3 Å². The molecular weight excluding hydrogens is 261 g/mol. The minimum absolute atomic E-state index is 0.0385. The van der Waals surface area contributed by atoms with Gasteiger partial charge < -0.3 is 5.32 Å². The number of rotatable bonds is 4. The highest BCUT2D eigenvalue weighted by atomic mass is 35.5. The Morgan fingerprint density at radius 1 is 1.59 bits per heavy atom. The van der Waals surface area contributed by atoms with E-state index in [9.17, 15) is 4.39 Å². The zero-order valence-electron chi connectivity index (χ0n) is 9.15. The summed E-state index contributed by atoms with van der Waals surface area (Å²) >= 11 is 7.26. The highest BCUT2D eigenvalue weighted by Crippen LogP contribution is 2.15. The Bertz CT molecular complexity index is 489. The third kappa shape index (κ3) is 3.38. The van der Waals surface area contributed by atoms with Crippen LogP contribution in [0.3, 0.4) is 0 Å². The fourth-order valence-electron chi connectivity index (χ4n) is 1.49. The first-order valence-corrected chi connectivity index (χ1v) is 6.43. The van der Waals surface area contributed by atoms with Gasteiger partial charge in [0.2, 0.25) is 5.28 Å². The molecule has 3 nitrogen and oxygen atoms in total. The quantitative estimate of drug-likeness (QED) is 0.867. The number of nitrogens with zero attached hydrogens (tertiary/aromatic N) is 2. The first-order valence-electron chi connectivity index (χ1n) is 5.11. The van der Waals surface area contributed by atoms with Crippen LogP contribution in [0.25, 0.3) is 0 Å². The molecule has 0 aliphatic rings. The van der Waals surface area contributed by atoms with Gasteiger partial charge in [-0.2, -0.15) is 16.3 Å². The zero-order chi connectivity index (χ0) is 12.3. The largest absolute Gasteiger partial charge is 0.365 e. The van der Waals surface area contributed by atoms with Crippen LogP contribution in [0.2, 0.25) is 5.28 Å². The first kappa shape index (κ1) is 12.3. The van der Waals surface area contributed by atoms with E-state index in [1.807, 2.05) is 18.4 Å². The van der Waals surface area contributed by atoms with Gasteiger partial charge in [0.15, 0.2) is 11.6 Å². The molecule has 0 bridgehead atoms. The van der Waals surface area contributed by atoms with E-state index in [1.54, 1.807) is 11.3 Å². The summed E-state index contributed by atoms with van der Waals surface area (Å²) in [5, 5.41) is 7.11. The van der Waals surface area contributed by atoms with Gasteiger partial charge in [-0.3, -0.25) is 0 Å². The third-order valence-corrected chi connectivity index (χ3v) is 3.13. The van der Waals surface area contributed by atoms with E-state index in [0.717, 1.165) is 12.6 Å². The van der Waals surface area contributed by atoms with Crippen molar-refractivity contribution in [1.29, 1.82) is 0 Å². The lowest BCUT2D eigenvalue weighted by Crippen LogP contribution is -2.19. The highest BCUT2D eigenvalue weighted by Gasteiger charge is 2.10. The van der Waals surface area contributed by atoms with Gasteiger partial charge in [-0.25, -0.2) is 9.37 Å². The van der Waals surface area contributed by atoms with Gasteiger partial charge in [-0.1, -0.05) is 0 Å². The van der Waals surface area contributed by atoms with Crippen LogP contribution >= 0.6 is 22.9 Å². The van der Waals surface area contributed by atoms with Crippen molar-refractivity contribution in [2.75, 3.05) is 5.32 Å². The van der Waals surface area contributed by atoms with E-state index >= 15 is 0 Å². The molecule has 1 atom stereocenters. The summed E-state index contributed by atoms with van der Waals surface area (Å²) in [5.41, 5.74) is 1.22. The van der Waals surface area contributed by atoms with Crippen LogP contribution in [-0.2, 0) is 6.42 Å². The highest BCUT2D eigenvalue weighted by molar-refractivity contribution is 7.07. The Morgan fingerprint density at radius 3 is 3.12 bits per heavy atom. The number of hydrogen-bond donors (Lipinski definition) is 1. The lowest BCUT2D eigenvalue weighted by Gasteiger charge is -2.14. The Kier molecular flexibility index (Phi) is 3.91. The molecule has 2 heterocycles. The van der Waals surface area contributed by atoms with E-state index < -0.39 is 5.82 Å². The van der Waals surface area contributed by atoms with Gasteiger partial charge in [0, 0.05) is 6.04 Å². The predicted molar refractivity (Wildman–Crippen MR) is 68.1 cm³/mol. The molecule has 0 aliphatic heterocycles. The predicted octanol–water partition coefficient (Wildman–Crippen LogP) is 3.37. The van der Waals surface area contributed by atoms with E-state index in [1.165, 1.54) is 5.56 Å². The van der Waals surface area contributed by atoms with Gasteiger partial charge in [-0.15, -0.1) is 0 Å². The number of aromatic nitrogens is 2. The fourth-order valence-corrected chi connectivity index (χ4v) is 2.31. The number of nitrogens with one attached hydrogen (secondary N) is 1. The number of thiophene rings is 1. The van der Waals surface area contributed by atoms with Crippen molar-refractivity contribution in [1.82, 2.24) is 9.97 Å². The zero-order valence-corrected chi connectivity index (χ0v) is 10.7. The van der Waals surface area contributed by atoms with Crippen molar-refractivity contribution in [3.63, 3.8) is 0 Å². The lowest BCUT2D eigenvalue weighted by molar-refractivity contribution is 0.612. The number of halogens is 2. The van der Waals surface area contributed by atoms with Crippen LogP contribution < -0.4 is 5.32 Å². The monoisotopic (exact) mass is 271 g/mol. The molecule has 0 aliphatic carbocycles. The van der Waals surface area contributed by atoms with E-state index in [2.05, 4.69) is 20.7 Å². The molecule has 0 amide bonds. The van der Waals surface area contributed by atoms with E-state index in [0.29, 0.717) is 0 Å². The van der Waals surface area contributed by atoms with Gasteiger partial charge in [0.05, 0.1) is 6.20 Å². The second-order valence-electron chi connectivity index (χ2n) is 3.72. The van der Waals surface area contributed by atoms with Crippen molar-refractivity contribution in [2.24, 2.45) is 0 Å². The summed E-state index contributed by atoms with van der Waals surface area (Å²) in [4.78, 5) is 7.38. The minimum Gasteiger partial charge on any atom is -0.365 e. The molecule has 0 spiro atoms. The summed E-state index contributed by atoms with van der Waals surface area (Å²) in [7, 11) is 0. The van der Waals surface area contributed by atoms with Gasteiger partial charge >= 0.3 is 0 Å². The molecule has 0 saturated carbocycles. The van der Waals surface area contributed by atoms with Crippen molar-refractivity contribution in [3.8, 4) is 0 Å². The molecule has 6 heteroatoms. The Labute approximate surface area is 108 Å². The van der Waals surface area contributed by atoms with Crippen molar-refractivity contribution in [2.45, 2.75) is 19.4 Å². The number of hydrogen-bond acceptors (Lipinski definition) is 4. The molecule has 0 aromatic carbocycles. The summed E-state index contributed by atoms with van der Waals surface area (Å²) in [5.74, 6) is -0.348. The minimum atomic E-state index is -0.494. The van der Waals surface area contributed by atoms with Crippen LogP contribution in [0.5, 0.6) is 0 Å². The summed E-state index contributed by atoms with van der Waals surface area (Å²) in [6.45, 7) is 1.97. The fraction of sp³-hybridized carbons (Fsp3) is 0.273. The van der Waals surface area contributed by atoms with Crippen molar-refractivity contribution < 1.29 is 4.39 Å². The molecular formula is C11H11ClFN3S. The van der Waals surface area contributed by atoms with Crippen LogP contribution in [0.1, 0.15) is 12.5 Å². The first-order chi connectivity index (χ1) is 8.15. The van der Waals surface area contributed by atoms with E-state index in [4.69, 9.17) is 11.6 Å². The summed E-state index contributed by atoms with van der Waals surface area (Å²) in [6.07, 6.45) is 1.87. The van der Waals surface area contributed by atoms with Crippen LogP contribution in [0.4, 0.5) is 10.2 Å². The molecule has 2 aromatic rings. The maximum Gasteiger partial charge on any atom is 0.224 e.